The molecule has 1 N–H and O–H groups in total. The summed E-state index contributed by atoms with van der Waals surface area (Å²) < 4.78 is 6.87. The molecule has 0 saturated carbocycles. The van der Waals surface area contributed by atoms with Gasteiger partial charge in [-0.25, -0.2) is 4.79 Å². The van der Waals surface area contributed by atoms with Crippen LogP contribution in [0, 0.1) is 6.92 Å². The highest BCUT2D eigenvalue weighted by Gasteiger charge is 2.20. The zero-order chi connectivity index (χ0) is 23.7. The van der Waals surface area contributed by atoms with Gasteiger partial charge >= 0.3 is 5.97 Å². The number of hydrogen-bond acceptors (Lipinski definition) is 7. The number of fused-ring (bicyclic) bond motifs is 3. The highest BCUT2D eigenvalue weighted by molar-refractivity contribution is 7.99. The number of aromatic nitrogens is 3. The van der Waals surface area contributed by atoms with E-state index < -0.39 is 5.97 Å². The van der Waals surface area contributed by atoms with E-state index in [-0.39, 0.29) is 11.7 Å². The van der Waals surface area contributed by atoms with Crippen molar-refractivity contribution in [3.05, 3.63) is 77.9 Å². The summed E-state index contributed by atoms with van der Waals surface area (Å²) in [6, 6.07) is 21.5. The molecule has 0 aliphatic heterocycles. The summed E-state index contributed by atoms with van der Waals surface area (Å²) in [5.74, 6) is -0.626. The first-order valence-corrected chi connectivity index (χ1v) is 12.3. The average molecular weight is 489 g/mol. The third-order valence-corrected chi connectivity index (χ3v) is 7.38. The van der Waals surface area contributed by atoms with E-state index in [2.05, 4.69) is 21.6 Å². The molecular weight excluding hydrogens is 468 g/mol. The summed E-state index contributed by atoms with van der Waals surface area (Å²) in [5.41, 5.74) is 4.14. The molecule has 0 fully saturated rings. The minimum absolute atomic E-state index is 0.113. The molecule has 9 heteroatoms. The molecule has 0 radical (unpaired) electrons. The predicted octanol–water partition coefficient (Wildman–Crippen LogP) is 5.44. The van der Waals surface area contributed by atoms with E-state index in [1.165, 1.54) is 30.2 Å². The molecule has 0 spiro atoms. The van der Waals surface area contributed by atoms with Crippen molar-refractivity contribution in [2.24, 2.45) is 0 Å². The molecule has 34 heavy (non-hydrogen) atoms. The maximum absolute atomic E-state index is 12.8. The van der Waals surface area contributed by atoms with Gasteiger partial charge in [0.25, 0.3) is 0 Å². The monoisotopic (exact) mass is 488 g/mol. The van der Waals surface area contributed by atoms with Gasteiger partial charge in [-0.3, -0.25) is 9.20 Å². The number of rotatable bonds is 6. The van der Waals surface area contributed by atoms with Gasteiger partial charge in [-0.05, 0) is 36.2 Å². The Morgan fingerprint density at radius 2 is 1.82 bits per heavy atom. The SMILES string of the molecule is COC(=O)c1cc(-c2ccccc2)sc1NC(=O)CSc1nnc2cc(C)c3ccccc3n12. The number of nitrogens with one attached hydrogen (secondary N) is 1. The van der Waals surface area contributed by atoms with E-state index in [1.54, 1.807) is 6.07 Å². The largest absolute Gasteiger partial charge is 0.465 e. The van der Waals surface area contributed by atoms with Crippen molar-refractivity contribution in [3.63, 3.8) is 0 Å². The van der Waals surface area contributed by atoms with E-state index in [9.17, 15) is 9.59 Å². The molecule has 2 aromatic carbocycles. The average Bonchev–Trinajstić information content (AvgIpc) is 3.47. The molecule has 170 valence electrons. The van der Waals surface area contributed by atoms with Gasteiger partial charge in [-0.2, -0.15) is 0 Å². The smallest absolute Gasteiger partial charge is 0.340 e. The van der Waals surface area contributed by atoms with Crippen LogP contribution in [-0.2, 0) is 9.53 Å². The van der Waals surface area contributed by atoms with Crippen LogP contribution in [0.25, 0.3) is 27.0 Å². The zero-order valence-corrected chi connectivity index (χ0v) is 20.1. The first kappa shape index (κ1) is 22.1. The van der Waals surface area contributed by atoms with E-state index in [1.807, 2.05) is 65.9 Å². The Bertz CT molecular complexity index is 1530. The Morgan fingerprint density at radius 1 is 1.06 bits per heavy atom. The number of methoxy groups -OCH3 is 1. The van der Waals surface area contributed by atoms with Crippen LogP contribution in [0.1, 0.15) is 15.9 Å². The summed E-state index contributed by atoms with van der Waals surface area (Å²) in [7, 11) is 1.33. The van der Waals surface area contributed by atoms with Gasteiger partial charge in [0.05, 0.1) is 23.9 Å². The van der Waals surface area contributed by atoms with Gasteiger partial charge in [0.15, 0.2) is 10.8 Å². The zero-order valence-electron chi connectivity index (χ0n) is 18.4. The van der Waals surface area contributed by atoms with Gasteiger partial charge < -0.3 is 10.1 Å². The number of thiophene rings is 1. The predicted molar refractivity (Wildman–Crippen MR) is 136 cm³/mol. The number of benzene rings is 2. The summed E-state index contributed by atoms with van der Waals surface area (Å²) >= 11 is 2.63. The van der Waals surface area contributed by atoms with Crippen molar-refractivity contribution < 1.29 is 14.3 Å². The van der Waals surface area contributed by atoms with Crippen molar-refractivity contribution in [1.82, 2.24) is 14.6 Å². The second-order valence-corrected chi connectivity index (χ2v) is 9.56. The fourth-order valence-electron chi connectivity index (χ4n) is 3.75. The number of pyridine rings is 1. The van der Waals surface area contributed by atoms with Crippen LogP contribution in [0.3, 0.4) is 0 Å². The van der Waals surface area contributed by atoms with Crippen molar-refractivity contribution in [3.8, 4) is 10.4 Å². The van der Waals surface area contributed by atoms with E-state index in [0.29, 0.717) is 15.7 Å². The van der Waals surface area contributed by atoms with Crippen LogP contribution in [0.4, 0.5) is 5.00 Å². The minimum atomic E-state index is -0.494. The van der Waals surface area contributed by atoms with Crippen LogP contribution >= 0.6 is 23.1 Å². The lowest BCUT2D eigenvalue weighted by molar-refractivity contribution is -0.113. The Labute approximate surface area is 203 Å². The molecule has 0 unspecified atom stereocenters. The number of amides is 1. The van der Waals surface area contributed by atoms with Crippen LogP contribution in [0.2, 0.25) is 0 Å². The fourth-order valence-corrected chi connectivity index (χ4v) is 5.57. The van der Waals surface area contributed by atoms with Crippen LogP contribution in [-0.4, -0.2) is 39.3 Å². The summed E-state index contributed by atoms with van der Waals surface area (Å²) in [5, 5.41) is 13.6. The van der Waals surface area contributed by atoms with Crippen LogP contribution in [0.15, 0.2) is 71.9 Å². The Morgan fingerprint density at radius 3 is 2.62 bits per heavy atom. The maximum atomic E-state index is 12.8. The Hall–Kier alpha value is -3.69. The van der Waals surface area contributed by atoms with Crippen molar-refractivity contribution in [1.29, 1.82) is 0 Å². The quantitative estimate of drug-likeness (QED) is 0.253. The first-order valence-electron chi connectivity index (χ1n) is 10.5. The second kappa shape index (κ2) is 9.28. The Balaban J connectivity index is 1.38. The van der Waals surface area contributed by atoms with Crippen LogP contribution in [0.5, 0.6) is 0 Å². The summed E-state index contributed by atoms with van der Waals surface area (Å²) in [6.07, 6.45) is 0. The molecule has 3 aromatic heterocycles. The molecule has 0 bridgehead atoms. The van der Waals surface area contributed by atoms with E-state index in [0.717, 1.165) is 32.6 Å². The van der Waals surface area contributed by atoms with E-state index in [4.69, 9.17) is 4.74 Å². The lowest BCUT2D eigenvalue weighted by Crippen LogP contribution is -2.15. The maximum Gasteiger partial charge on any atom is 0.340 e. The molecule has 0 saturated heterocycles. The molecule has 5 aromatic rings. The molecule has 0 atom stereocenters. The van der Waals surface area contributed by atoms with Gasteiger partial charge in [0, 0.05) is 10.3 Å². The Kier molecular flexibility index (Phi) is 6.04. The molecule has 0 aliphatic rings. The standard InChI is InChI=1S/C25H20N4O3S2/c1-15-12-21-27-28-25(29(21)19-11-7-6-10-17(15)19)33-14-22(30)26-23-18(24(31)32-2)13-20(34-23)16-8-4-3-5-9-16/h3-13H,14H2,1-2H3,(H,26,30). The minimum Gasteiger partial charge on any atom is -0.465 e. The molecule has 5 rings (SSSR count). The fraction of sp³-hybridized carbons (Fsp3) is 0.120. The lowest BCUT2D eigenvalue weighted by Gasteiger charge is -2.07. The first-order chi connectivity index (χ1) is 16.5. The number of anilines is 1. The van der Waals surface area contributed by atoms with Gasteiger partial charge in [0.1, 0.15) is 5.00 Å². The number of aryl methyl sites for hydroxylation is 1. The molecule has 1 amide bonds. The van der Waals surface area contributed by atoms with Gasteiger partial charge in [-0.15, -0.1) is 21.5 Å². The number of hydrogen-bond donors (Lipinski definition) is 1. The normalized spacial score (nSPS) is 11.1. The van der Waals surface area contributed by atoms with Crippen molar-refractivity contribution in [2.45, 2.75) is 12.1 Å². The van der Waals surface area contributed by atoms with Gasteiger partial charge in [0.2, 0.25) is 5.91 Å². The lowest BCUT2D eigenvalue weighted by atomic mass is 10.1. The van der Waals surface area contributed by atoms with E-state index >= 15 is 0 Å². The third kappa shape index (κ3) is 4.15. The highest BCUT2D eigenvalue weighted by Crippen LogP contribution is 2.36. The number of esters is 1. The van der Waals surface area contributed by atoms with Crippen molar-refractivity contribution >= 4 is 56.5 Å². The summed E-state index contributed by atoms with van der Waals surface area (Å²) in [6.45, 7) is 2.04. The number of carbonyl (C=O) groups excluding carboxylic acids is 2. The highest BCUT2D eigenvalue weighted by atomic mass is 32.2. The molecule has 0 aliphatic carbocycles. The number of ether oxygens (including phenoxy) is 1. The number of thioether (sulfide) groups is 1. The number of nitrogens with zero attached hydrogens (tertiary/aromatic N) is 3. The molecule has 7 nitrogen and oxygen atoms in total. The van der Waals surface area contributed by atoms with Gasteiger partial charge in [-0.1, -0.05) is 60.3 Å². The molecular formula is C25H20N4O3S2. The topological polar surface area (TPSA) is 85.6 Å². The van der Waals surface area contributed by atoms with Crippen LogP contribution < -0.4 is 5.32 Å². The summed E-state index contributed by atoms with van der Waals surface area (Å²) in [4.78, 5) is 26.0. The number of carbonyl (C=O) groups is 2. The van der Waals surface area contributed by atoms with Crippen molar-refractivity contribution in [2.75, 3.05) is 18.2 Å². The number of para-hydroxylation sites is 1. The molecule has 3 heterocycles. The third-order valence-electron chi connectivity index (χ3n) is 5.35. The second-order valence-electron chi connectivity index (χ2n) is 7.57.